The summed E-state index contributed by atoms with van der Waals surface area (Å²) in [6.07, 6.45) is 9.89. The molecule has 1 aliphatic heterocycles. The summed E-state index contributed by atoms with van der Waals surface area (Å²) in [5, 5.41) is 9.25. The molecule has 144 valence electrons. The maximum atomic E-state index is 12.2. The van der Waals surface area contributed by atoms with Crippen molar-refractivity contribution in [2.75, 3.05) is 19.6 Å². The molecule has 0 aromatic rings. The summed E-state index contributed by atoms with van der Waals surface area (Å²) in [6, 6.07) is 0.459. The molecule has 6 nitrogen and oxygen atoms in total. The number of carbonyl (C=O) groups excluding carboxylic acids is 2. The molecule has 2 rings (SSSR count). The lowest BCUT2D eigenvalue weighted by Crippen LogP contribution is -2.53. The Labute approximate surface area is 152 Å². The number of nitrogens with zero attached hydrogens (tertiary/aromatic N) is 1. The Bertz CT molecular complexity index is 416. The summed E-state index contributed by atoms with van der Waals surface area (Å²) >= 11 is 0. The van der Waals surface area contributed by atoms with Gasteiger partial charge in [-0.05, 0) is 39.0 Å². The largest absolute Gasteiger partial charge is 0.355 e. The number of amides is 3. The first-order valence-corrected chi connectivity index (χ1v) is 10.2. The first-order chi connectivity index (χ1) is 12.1. The lowest BCUT2D eigenvalue weighted by Gasteiger charge is -2.35. The zero-order chi connectivity index (χ0) is 18.1. The minimum Gasteiger partial charge on any atom is -0.355 e. The molecule has 0 bridgehead atoms. The Morgan fingerprint density at radius 2 is 1.60 bits per heavy atom. The number of hydrogen-bond acceptors (Lipinski definition) is 3. The van der Waals surface area contributed by atoms with Crippen molar-refractivity contribution >= 4 is 11.9 Å². The third kappa shape index (κ3) is 6.84. The Hall–Kier alpha value is -1.30. The van der Waals surface area contributed by atoms with E-state index in [1.807, 2.05) is 6.92 Å². The zero-order valence-electron chi connectivity index (χ0n) is 16.0. The Morgan fingerprint density at radius 3 is 2.20 bits per heavy atom. The molecule has 2 aliphatic rings. The van der Waals surface area contributed by atoms with Gasteiger partial charge in [-0.3, -0.25) is 9.69 Å². The van der Waals surface area contributed by atoms with Crippen LogP contribution in [0.2, 0.25) is 0 Å². The van der Waals surface area contributed by atoms with Gasteiger partial charge in [0.15, 0.2) is 0 Å². The highest BCUT2D eigenvalue weighted by atomic mass is 16.2. The van der Waals surface area contributed by atoms with E-state index in [2.05, 4.69) is 27.8 Å². The summed E-state index contributed by atoms with van der Waals surface area (Å²) < 4.78 is 0. The van der Waals surface area contributed by atoms with Crippen molar-refractivity contribution in [1.82, 2.24) is 20.9 Å². The number of carbonyl (C=O) groups is 2. The van der Waals surface area contributed by atoms with Crippen LogP contribution in [0.1, 0.15) is 71.6 Å². The van der Waals surface area contributed by atoms with E-state index in [1.165, 1.54) is 19.3 Å². The van der Waals surface area contributed by atoms with Crippen LogP contribution in [-0.2, 0) is 4.79 Å². The van der Waals surface area contributed by atoms with Crippen molar-refractivity contribution in [3.63, 3.8) is 0 Å². The maximum Gasteiger partial charge on any atom is 0.315 e. The minimum atomic E-state index is -0.0890. The number of likely N-dealkylation sites (tertiary alicyclic amines) is 1. The lowest BCUT2D eigenvalue weighted by molar-refractivity contribution is -0.126. The van der Waals surface area contributed by atoms with Crippen molar-refractivity contribution in [3.8, 4) is 0 Å². The number of piperidine rings is 1. The van der Waals surface area contributed by atoms with Gasteiger partial charge in [-0.15, -0.1) is 0 Å². The molecule has 0 radical (unpaired) electrons. The fourth-order valence-electron chi connectivity index (χ4n) is 3.79. The molecular weight excluding hydrogens is 316 g/mol. The van der Waals surface area contributed by atoms with Crippen LogP contribution in [0.25, 0.3) is 0 Å². The highest BCUT2D eigenvalue weighted by molar-refractivity contribution is 5.81. The predicted molar refractivity (Wildman–Crippen MR) is 101 cm³/mol. The summed E-state index contributed by atoms with van der Waals surface area (Å²) in [5.41, 5.74) is 0. The molecule has 25 heavy (non-hydrogen) atoms. The summed E-state index contributed by atoms with van der Waals surface area (Å²) in [7, 11) is 0. The second kappa shape index (κ2) is 10.6. The first kappa shape index (κ1) is 20.0. The van der Waals surface area contributed by atoms with Gasteiger partial charge in [0.1, 0.15) is 0 Å². The van der Waals surface area contributed by atoms with Crippen LogP contribution in [0.15, 0.2) is 0 Å². The van der Waals surface area contributed by atoms with E-state index < -0.39 is 0 Å². The van der Waals surface area contributed by atoms with Gasteiger partial charge in [0, 0.05) is 31.7 Å². The van der Waals surface area contributed by atoms with Crippen LogP contribution in [-0.4, -0.2) is 54.6 Å². The Morgan fingerprint density at radius 1 is 1.00 bits per heavy atom. The number of rotatable bonds is 7. The van der Waals surface area contributed by atoms with Crippen molar-refractivity contribution in [1.29, 1.82) is 0 Å². The Balaban J connectivity index is 1.64. The van der Waals surface area contributed by atoms with Gasteiger partial charge < -0.3 is 16.0 Å². The molecule has 0 spiro atoms. The molecular formula is C19H36N4O2. The maximum absolute atomic E-state index is 12.2. The third-order valence-corrected chi connectivity index (χ3v) is 5.56. The average molecular weight is 353 g/mol. The van der Waals surface area contributed by atoms with Gasteiger partial charge in [0.25, 0.3) is 0 Å². The van der Waals surface area contributed by atoms with E-state index in [1.54, 1.807) is 0 Å². The fourth-order valence-corrected chi connectivity index (χ4v) is 3.79. The molecule has 3 amide bonds. The predicted octanol–water partition coefficient (Wildman–Crippen LogP) is 2.39. The van der Waals surface area contributed by atoms with E-state index >= 15 is 0 Å². The summed E-state index contributed by atoms with van der Waals surface area (Å²) in [4.78, 5) is 26.5. The molecule has 1 saturated heterocycles. The SMILES string of the molecule is CCCCNC(=O)[C@H](C)N1CCC(NC(=O)NC2CCCCC2)CC1. The van der Waals surface area contributed by atoms with E-state index in [-0.39, 0.29) is 24.0 Å². The number of urea groups is 1. The molecule has 3 N–H and O–H groups in total. The van der Waals surface area contributed by atoms with Gasteiger partial charge in [-0.2, -0.15) is 0 Å². The normalized spacial score (nSPS) is 21.5. The van der Waals surface area contributed by atoms with Crippen molar-refractivity contribution in [3.05, 3.63) is 0 Å². The zero-order valence-corrected chi connectivity index (χ0v) is 16.0. The van der Waals surface area contributed by atoms with Crippen LogP contribution in [0.3, 0.4) is 0 Å². The molecule has 0 aromatic carbocycles. The molecule has 1 saturated carbocycles. The first-order valence-electron chi connectivity index (χ1n) is 10.2. The monoisotopic (exact) mass is 352 g/mol. The van der Waals surface area contributed by atoms with E-state index in [0.717, 1.165) is 58.2 Å². The van der Waals surface area contributed by atoms with Crippen LogP contribution in [0.5, 0.6) is 0 Å². The minimum absolute atomic E-state index is 0.0179. The summed E-state index contributed by atoms with van der Waals surface area (Å²) in [6.45, 7) is 6.58. The quantitative estimate of drug-likeness (QED) is 0.616. The standard InChI is InChI=1S/C19H36N4O2/c1-3-4-12-20-18(24)15(2)23-13-10-17(11-14-23)22-19(25)21-16-8-6-5-7-9-16/h15-17H,3-14H2,1-2H3,(H,20,24)(H2,21,22,25)/t15-/m0/s1. The highest BCUT2D eigenvalue weighted by Gasteiger charge is 2.27. The molecule has 1 heterocycles. The van der Waals surface area contributed by atoms with Crippen LogP contribution in [0, 0.1) is 0 Å². The van der Waals surface area contributed by atoms with Gasteiger partial charge in [-0.25, -0.2) is 4.79 Å². The number of hydrogen-bond donors (Lipinski definition) is 3. The lowest BCUT2D eigenvalue weighted by atomic mass is 9.96. The molecule has 1 atom stereocenters. The number of nitrogens with one attached hydrogen (secondary N) is 3. The Kier molecular flexibility index (Phi) is 8.52. The molecule has 6 heteroatoms. The van der Waals surface area contributed by atoms with E-state index in [0.29, 0.717) is 6.04 Å². The molecule has 0 unspecified atom stereocenters. The molecule has 0 aromatic heterocycles. The van der Waals surface area contributed by atoms with Crippen LogP contribution >= 0.6 is 0 Å². The third-order valence-electron chi connectivity index (χ3n) is 5.56. The smallest absolute Gasteiger partial charge is 0.315 e. The fraction of sp³-hybridized carbons (Fsp3) is 0.895. The van der Waals surface area contributed by atoms with Crippen LogP contribution in [0.4, 0.5) is 4.79 Å². The number of unbranched alkanes of at least 4 members (excludes halogenated alkanes) is 1. The summed E-state index contributed by atoms with van der Waals surface area (Å²) in [5.74, 6) is 0.120. The van der Waals surface area contributed by atoms with Crippen LogP contribution < -0.4 is 16.0 Å². The van der Waals surface area contributed by atoms with Gasteiger partial charge >= 0.3 is 6.03 Å². The van der Waals surface area contributed by atoms with Gasteiger partial charge in [0.2, 0.25) is 5.91 Å². The van der Waals surface area contributed by atoms with E-state index in [4.69, 9.17) is 0 Å². The van der Waals surface area contributed by atoms with Gasteiger partial charge in [-0.1, -0.05) is 32.6 Å². The second-order valence-corrected chi connectivity index (χ2v) is 7.58. The van der Waals surface area contributed by atoms with Gasteiger partial charge in [0.05, 0.1) is 6.04 Å². The topological polar surface area (TPSA) is 73.5 Å². The second-order valence-electron chi connectivity index (χ2n) is 7.58. The van der Waals surface area contributed by atoms with Crippen molar-refractivity contribution < 1.29 is 9.59 Å². The van der Waals surface area contributed by atoms with Crippen molar-refractivity contribution in [2.45, 2.75) is 89.8 Å². The highest BCUT2D eigenvalue weighted by Crippen LogP contribution is 2.17. The molecule has 2 fully saturated rings. The average Bonchev–Trinajstić information content (AvgIpc) is 2.62. The molecule has 1 aliphatic carbocycles. The van der Waals surface area contributed by atoms with Crippen molar-refractivity contribution in [2.24, 2.45) is 0 Å². The van der Waals surface area contributed by atoms with E-state index in [9.17, 15) is 9.59 Å².